The molecule has 0 aliphatic rings. The number of nitrogens with zero attached hydrogens (tertiary/aromatic N) is 4. The van der Waals surface area contributed by atoms with Crippen molar-refractivity contribution in [2.75, 3.05) is 26.7 Å². The Morgan fingerprint density at radius 1 is 1.22 bits per heavy atom. The Morgan fingerprint density at radius 3 is 2.48 bits per heavy atom. The second-order valence-electron chi connectivity index (χ2n) is 6.22. The van der Waals surface area contributed by atoms with Crippen molar-refractivity contribution in [1.29, 1.82) is 0 Å². The standard InChI is InChI=1S/C19H27F2N5O/c1-4-25(5-2)16(15-9-7-6-8-10-15)13-23-19(27)24(3)14-17-22-11-12-26(17)18(20)21/h6-12,16,18H,4-5,13-14H2,1-3H3,(H,23,27). The number of aromatic nitrogens is 2. The van der Waals surface area contributed by atoms with Gasteiger partial charge in [-0.3, -0.25) is 9.47 Å². The predicted molar refractivity (Wildman–Crippen MR) is 100 cm³/mol. The first-order chi connectivity index (χ1) is 13.0. The summed E-state index contributed by atoms with van der Waals surface area (Å²) in [6, 6.07) is 9.71. The Balaban J connectivity index is 2.01. The lowest BCUT2D eigenvalue weighted by atomic mass is 10.1. The maximum atomic E-state index is 12.9. The molecule has 1 heterocycles. The largest absolute Gasteiger partial charge is 0.336 e. The van der Waals surface area contributed by atoms with Crippen LogP contribution in [-0.4, -0.2) is 52.1 Å². The van der Waals surface area contributed by atoms with Crippen LogP contribution in [0, 0.1) is 0 Å². The first-order valence-corrected chi connectivity index (χ1v) is 9.05. The van der Waals surface area contributed by atoms with Crippen molar-refractivity contribution >= 4 is 6.03 Å². The van der Waals surface area contributed by atoms with Gasteiger partial charge < -0.3 is 10.2 Å². The molecule has 0 radical (unpaired) electrons. The summed E-state index contributed by atoms with van der Waals surface area (Å²) in [5, 5.41) is 2.91. The number of carbonyl (C=O) groups is 1. The summed E-state index contributed by atoms with van der Waals surface area (Å²) in [5.41, 5.74) is 1.12. The van der Waals surface area contributed by atoms with Crippen molar-refractivity contribution in [3.8, 4) is 0 Å². The van der Waals surface area contributed by atoms with E-state index >= 15 is 0 Å². The van der Waals surface area contributed by atoms with Crippen molar-refractivity contribution < 1.29 is 13.6 Å². The summed E-state index contributed by atoms with van der Waals surface area (Å²) in [4.78, 5) is 20.0. The Kier molecular flexibility index (Phi) is 7.72. The van der Waals surface area contributed by atoms with Gasteiger partial charge in [-0.25, -0.2) is 9.78 Å². The number of amides is 2. The second kappa shape index (κ2) is 10.0. The molecule has 1 aromatic heterocycles. The molecule has 0 bridgehead atoms. The molecule has 2 aromatic rings. The lowest BCUT2D eigenvalue weighted by Crippen LogP contribution is -2.43. The molecule has 8 heteroatoms. The van der Waals surface area contributed by atoms with Crippen LogP contribution in [0.1, 0.15) is 37.8 Å². The Morgan fingerprint density at radius 2 is 1.89 bits per heavy atom. The van der Waals surface area contributed by atoms with Crippen LogP contribution in [0.3, 0.4) is 0 Å². The first kappa shape index (κ1) is 20.8. The van der Waals surface area contributed by atoms with Crippen LogP contribution in [0.2, 0.25) is 0 Å². The van der Waals surface area contributed by atoms with Gasteiger partial charge in [-0.2, -0.15) is 8.78 Å². The zero-order valence-corrected chi connectivity index (χ0v) is 16.0. The van der Waals surface area contributed by atoms with Gasteiger partial charge in [0, 0.05) is 26.0 Å². The van der Waals surface area contributed by atoms with E-state index in [1.807, 2.05) is 30.3 Å². The first-order valence-electron chi connectivity index (χ1n) is 9.05. The van der Waals surface area contributed by atoms with E-state index in [1.54, 1.807) is 7.05 Å². The maximum Gasteiger partial charge on any atom is 0.319 e. The van der Waals surface area contributed by atoms with E-state index in [0.29, 0.717) is 6.54 Å². The van der Waals surface area contributed by atoms with Crippen molar-refractivity contribution in [3.05, 3.63) is 54.1 Å². The number of carbonyl (C=O) groups excluding carboxylic acids is 1. The highest BCUT2D eigenvalue weighted by atomic mass is 19.3. The van der Waals surface area contributed by atoms with Gasteiger partial charge in [-0.05, 0) is 18.7 Å². The fourth-order valence-corrected chi connectivity index (χ4v) is 3.04. The molecule has 0 saturated carbocycles. The summed E-state index contributed by atoms with van der Waals surface area (Å²) in [6.45, 7) is 3.63. The molecule has 27 heavy (non-hydrogen) atoms. The average Bonchev–Trinajstić information content (AvgIpc) is 3.14. The molecule has 0 fully saturated rings. The number of likely N-dealkylation sites (N-methyl/N-ethyl adjacent to an activating group) is 1. The molecule has 0 spiro atoms. The number of alkyl halides is 2. The van der Waals surface area contributed by atoms with Crippen LogP contribution in [0.15, 0.2) is 42.7 Å². The Hall–Kier alpha value is -2.48. The molecular formula is C19H27F2N5O. The number of hydrogen-bond donors (Lipinski definition) is 1. The van der Waals surface area contributed by atoms with Crippen molar-refractivity contribution in [2.45, 2.75) is 33.0 Å². The highest BCUT2D eigenvalue weighted by Gasteiger charge is 2.21. The van der Waals surface area contributed by atoms with E-state index in [2.05, 4.69) is 29.0 Å². The van der Waals surface area contributed by atoms with E-state index in [-0.39, 0.29) is 24.4 Å². The summed E-state index contributed by atoms with van der Waals surface area (Å²) >= 11 is 0. The van der Waals surface area contributed by atoms with E-state index in [9.17, 15) is 13.6 Å². The average molecular weight is 379 g/mol. The van der Waals surface area contributed by atoms with Gasteiger partial charge >= 0.3 is 12.6 Å². The summed E-state index contributed by atoms with van der Waals surface area (Å²) in [5.74, 6) is 0.144. The minimum Gasteiger partial charge on any atom is -0.336 e. The molecule has 1 aromatic carbocycles. The molecule has 2 amide bonds. The van der Waals surface area contributed by atoms with Crippen LogP contribution in [0.25, 0.3) is 0 Å². The molecule has 1 N–H and O–H groups in total. The van der Waals surface area contributed by atoms with E-state index < -0.39 is 6.55 Å². The number of urea groups is 1. The van der Waals surface area contributed by atoms with Crippen LogP contribution >= 0.6 is 0 Å². The predicted octanol–water partition coefficient (Wildman–Crippen LogP) is 3.50. The number of halogens is 2. The fourth-order valence-electron chi connectivity index (χ4n) is 3.04. The molecule has 148 valence electrons. The quantitative estimate of drug-likeness (QED) is 0.726. The minimum atomic E-state index is -2.68. The number of rotatable bonds is 9. The third kappa shape index (κ3) is 5.50. The molecule has 6 nitrogen and oxygen atoms in total. The van der Waals surface area contributed by atoms with Gasteiger partial charge in [0.15, 0.2) is 0 Å². The SMILES string of the molecule is CCN(CC)C(CNC(=O)N(C)Cc1nccn1C(F)F)c1ccccc1. The van der Waals surface area contributed by atoms with Gasteiger partial charge in [-0.1, -0.05) is 44.2 Å². The Bertz CT molecular complexity index is 703. The molecule has 0 aliphatic carbocycles. The van der Waals surface area contributed by atoms with E-state index in [0.717, 1.165) is 23.2 Å². The summed E-state index contributed by atoms with van der Waals surface area (Å²) < 4.78 is 26.6. The zero-order chi connectivity index (χ0) is 19.8. The van der Waals surface area contributed by atoms with Gasteiger partial charge in [-0.15, -0.1) is 0 Å². The lowest BCUT2D eigenvalue weighted by molar-refractivity contribution is 0.0650. The van der Waals surface area contributed by atoms with Crippen molar-refractivity contribution in [3.63, 3.8) is 0 Å². The van der Waals surface area contributed by atoms with Gasteiger partial charge in [0.05, 0.1) is 12.6 Å². The van der Waals surface area contributed by atoms with Crippen LogP contribution in [0.4, 0.5) is 13.6 Å². The number of nitrogens with one attached hydrogen (secondary N) is 1. The van der Waals surface area contributed by atoms with Crippen molar-refractivity contribution in [2.24, 2.45) is 0 Å². The third-order valence-corrected chi connectivity index (χ3v) is 4.57. The second-order valence-corrected chi connectivity index (χ2v) is 6.22. The zero-order valence-electron chi connectivity index (χ0n) is 16.0. The molecular weight excluding hydrogens is 352 g/mol. The van der Waals surface area contributed by atoms with Gasteiger partial charge in [0.1, 0.15) is 5.82 Å². The van der Waals surface area contributed by atoms with Crippen molar-refractivity contribution in [1.82, 2.24) is 24.7 Å². The van der Waals surface area contributed by atoms with Crippen LogP contribution in [-0.2, 0) is 6.54 Å². The highest BCUT2D eigenvalue weighted by Crippen LogP contribution is 2.19. The number of benzene rings is 1. The van der Waals surface area contributed by atoms with Crippen LogP contribution < -0.4 is 5.32 Å². The fraction of sp³-hybridized carbons (Fsp3) is 0.474. The molecule has 2 rings (SSSR count). The molecule has 1 unspecified atom stereocenters. The maximum absolute atomic E-state index is 12.9. The van der Waals surface area contributed by atoms with Gasteiger partial charge in [0.25, 0.3) is 0 Å². The van der Waals surface area contributed by atoms with Gasteiger partial charge in [0.2, 0.25) is 0 Å². The topological polar surface area (TPSA) is 53.4 Å². The normalized spacial score (nSPS) is 12.4. The summed E-state index contributed by atoms with van der Waals surface area (Å²) in [7, 11) is 1.56. The smallest absolute Gasteiger partial charge is 0.319 e. The number of imidazole rings is 1. The highest BCUT2D eigenvalue weighted by molar-refractivity contribution is 5.73. The molecule has 0 saturated heterocycles. The molecule has 1 atom stereocenters. The third-order valence-electron chi connectivity index (χ3n) is 4.57. The van der Waals surface area contributed by atoms with E-state index in [1.165, 1.54) is 17.3 Å². The Labute approximate surface area is 158 Å². The van der Waals surface area contributed by atoms with Crippen LogP contribution in [0.5, 0.6) is 0 Å². The minimum absolute atomic E-state index is 0.00441. The summed E-state index contributed by atoms with van der Waals surface area (Å²) in [6.07, 6.45) is 2.51. The van der Waals surface area contributed by atoms with E-state index in [4.69, 9.17) is 0 Å². The lowest BCUT2D eigenvalue weighted by Gasteiger charge is -2.31. The monoisotopic (exact) mass is 379 g/mol. The molecule has 0 aliphatic heterocycles. The number of hydrogen-bond acceptors (Lipinski definition) is 3.